The maximum absolute atomic E-state index is 13.5. The second kappa shape index (κ2) is 7.34. The molecule has 0 saturated heterocycles. The molecular formula is C16H19BrFNS. The Kier molecular flexibility index (Phi) is 5.75. The highest BCUT2D eigenvalue weighted by Gasteiger charge is 2.14. The topological polar surface area (TPSA) is 12.0 Å². The number of hydrogen-bond donors (Lipinski definition) is 1. The van der Waals surface area contributed by atoms with Crippen molar-refractivity contribution < 1.29 is 4.39 Å². The van der Waals surface area contributed by atoms with E-state index in [1.165, 1.54) is 15.8 Å². The van der Waals surface area contributed by atoms with Crippen LogP contribution in [-0.4, -0.2) is 6.54 Å². The molecule has 2 aromatic rings. The van der Waals surface area contributed by atoms with Gasteiger partial charge in [0.25, 0.3) is 0 Å². The van der Waals surface area contributed by atoms with Crippen LogP contribution in [0.5, 0.6) is 0 Å². The maximum Gasteiger partial charge on any atom is 0.124 e. The van der Waals surface area contributed by atoms with Gasteiger partial charge in [0, 0.05) is 20.3 Å². The number of benzene rings is 1. The van der Waals surface area contributed by atoms with Gasteiger partial charge in [-0.1, -0.05) is 29.8 Å². The van der Waals surface area contributed by atoms with Crippen LogP contribution < -0.4 is 5.32 Å². The van der Waals surface area contributed by atoms with Crippen molar-refractivity contribution in [2.75, 3.05) is 6.54 Å². The standard InChI is InChI=1S/C16H19BrFNS/c1-3-14-5-6-16(20-14)15(19-4-2)9-11-7-12(17)10-13(18)8-11/h5-8,10,15,19H,3-4,9H2,1-2H3. The van der Waals surface area contributed by atoms with Crippen LogP contribution in [0.15, 0.2) is 34.8 Å². The van der Waals surface area contributed by atoms with Crippen LogP contribution >= 0.6 is 27.3 Å². The molecule has 1 aromatic heterocycles. The molecule has 0 radical (unpaired) electrons. The molecule has 0 aliphatic carbocycles. The van der Waals surface area contributed by atoms with Gasteiger partial charge in [0.1, 0.15) is 5.82 Å². The smallest absolute Gasteiger partial charge is 0.124 e. The van der Waals surface area contributed by atoms with Gasteiger partial charge in [0.05, 0.1) is 0 Å². The summed E-state index contributed by atoms with van der Waals surface area (Å²) in [7, 11) is 0. The SMILES string of the molecule is CCNC(Cc1cc(F)cc(Br)c1)c1ccc(CC)s1. The number of nitrogens with one attached hydrogen (secondary N) is 1. The fourth-order valence-corrected chi connectivity index (χ4v) is 3.80. The first kappa shape index (κ1) is 15.7. The predicted molar refractivity (Wildman–Crippen MR) is 87.9 cm³/mol. The highest BCUT2D eigenvalue weighted by molar-refractivity contribution is 9.10. The van der Waals surface area contributed by atoms with Crippen molar-refractivity contribution in [1.82, 2.24) is 5.32 Å². The summed E-state index contributed by atoms with van der Waals surface area (Å²) in [5, 5.41) is 3.50. The minimum atomic E-state index is -0.190. The van der Waals surface area contributed by atoms with E-state index in [1.807, 2.05) is 17.4 Å². The quantitative estimate of drug-likeness (QED) is 0.759. The molecule has 2 rings (SSSR count). The van der Waals surface area contributed by atoms with Crippen LogP contribution in [0.4, 0.5) is 4.39 Å². The van der Waals surface area contributed by atoms with Gasteiger partial charge in [-0.3, -0.25) is 0 Å². The zero-order valence-corrected chi connectivity index (χ0v) is 14.2. The summed E-state index contributed by atoms with van der Waals surface area (Å²) >= 11 is 5.20. The van der Waals surface area contributed by atoms with Crippen LogP contribution in [0, 0.1) is 5.82 Å². The average molecular weight is 356 g/mol. The normalized spacial score (nSPS) is 12.6. The number of thiophene rings is 1. The van der Waals surface area contributed by atoms with E-state index >= 15 is 0 Å². The first-order chi connectivity index (χ1) is 9.62. The van der Waals surface area contributed by atoms with Crippen molar-refractivity contribution >= 4 is 27.3 Å². The Morgan fingerprint density at radius 3 is 2.65 bits per heavy atom. The third-order valence-corrected chi connectivity index (χ3v) is 4.99. The number of likely N-dealkylation sites (N-methyl/N-ethyl adjacent to an activating group) is 1. The summed E-state index contributed by atoms with van der Waals surface area (Å²) in [5.74, 6) is -0.190. The van der Waals surface area contributed by atoms with Gasteiger partial charge in [-0.15, -0.1) is 11.3 Å². The molecule has 1 heterocycles. The van der Waals surface area contributed by atoms with E-state index in [0.717, 1.165) is 29.4 Å². The lowest BCUT2D eigenvalue weighted by Crippen LogP contribution is -2.22. The minimum absolute atomic E-state index is 0.190. The van der Waals surface area contributed by atoms with Gasteiger partial charge < -0.3 is 5.32 Å². The van der Waals surface area contributed by atoms with Crippen LogP contribution in [0.25, 0.3) is 0 Å². The fourth-order valence-electron chi connectivity index (χ4n) is 2.26. The molecule has 0 saturated carbocycles. The Morgan fingerprint density at radius 1 is 1.25 bits per heavy atom. The Labute approximate surface area is 132 Å². The molecule has 0 aliphatic rings. The second-order valence-corrected chi connectivity index (χ2v) is 6.87. The number of halogens is 2. The van der Waals surface area contributed by atoms with Crippen LogP contribution in [0.2, 0.25) is 0 Å². The molecule has 0 bridgehead atoms. The van der Waals surface area contributed by atoms with Crippen molar-refractivity contribution in [3.63, 3.8) is 0 Å². The molecule has 108 valence electrons. The highest BCUT2D eigenvalue weighted by atomic mass is 79.9. The molecule has 0 fully saturated rings. The average Bonchev–Trinajstić information content (AvgIpc) is 2.85. The second-order valence-electron chi connectivity index (χ2n) is 4.75. The van der Waals surface area contributed by atoms with Gasteiger partial charge in [-0.2, -0.15) is 0 Å². The molecule has 1 aromatic carbocycles. The summed E-state index contributed by atoms with van der Waals surface area (Å²) in [5.41, 5.74) is 1.01. The van der Waals surface area contributed by atoms with Gasteiger partial charge in [0.15, 0.2) is 0 Å². The van der Waals surface area contributed by atoms with Gasteiger partial charge >= 0.3 is 0 Å². The number of hydrogen-bond acceptors (Lipinski definition) is 2. The zero-order chi connectivity index (χ0) is 14.5. The largest absolute Gasteiger partial charge is 0.309 e. The van der Waals surface area contributed by atoms with Crippen molar-refractivity contribution in [1.29, 1.82) is 0 Å². The molecule has 1 atom stereocenters. The molecule has 1 unspecified atom stereocenters. The molecule has 0 spiro atoms. The monoisotopic (exact) mass is 355 g/mol. The summed E-state index contributed by atoms with van der Waals surface area (Å²) in [6, 6.07) is 9.72. The van der Waals surface area contributed by atoms with E-state index in [1.54, 1.807) is 6.07 Å². The van der Waals surface area contributed by atoms with E-state index < -0.39 is 0 Å². The Hall–Kier alpha value is -0.710. The third-order valence-electron chi connectivity index (χ3n) is 3.19. The lowest BCUT2D eigenvalue weighted by molar-refractivity contribution is 0.554. The van der Waals surface area contributed by atoms with E-state index in [2.05, 4.69) is 47.2 Å². The molecule has 1 N–H and O–H groups in total. The lowest BCUT2D eigenvalue weighted by atomic mass is 10.0. The third kappa shape index (κ3) is 4.14. The Morgan fingerprint density at radius 2 is 2.05 bits per heavy atom. The van der Waals surface area contributed by atoms with Crippen molar-refractivity contribution in [2.24, 2.45) is 0 Å². The van der Waals surface area contributed by atoms with Gasteiger partial charge in [-0.25, -0.2) is 4.39 Å². The molecule has 4 heteroatoms. The van der Waals surface area contributed by atoms with Gasteiger partial charge in [0.2, 0.25) is 0 Å². The van der Waals surface area contributed by atoms with Crippen molar-refractivity contribution in [3.05, 3.63) is 55.9 Å². The number of aryl methyl sites for hydroxylation is 1. The molecular weight excluding hydrogens is 337 g/mol. The first-order valence-corrected chi connectivity index (χ1v) is 8.50. The predicted octanol–water partition coefficient (Wildman–Crippen LogP) is 5.11. The van der Waals surface area contributed by atoms with E-state index in [9.17, 15) is 4.39 Å². The van der Waals surface area contributed by atoms with E-state index in [0.29, 0.717) is 0 Å². The highest BCUT2D eigenvalue weighted by Crippen LogP contribution is 2.27. The lowest BCUT2D eigenvalue weighted by Gasteiger charge is -2.17. The zero-order valence-electron chi connectivity index (χ0n) is 11.7. The first-order valence-electron chi connectivity index (χ1n) is 6.89. The van der Waals surface area contributed by atoms with Crippen LogP contribution in [0.3, 0.4) is 0 Å². The van der Waals surface area contributed by atoms with Crippen molar-refractivity contribution in [3.8, 4) is 0 Å². The Balaban J connectivity index is 2.20. The van der Waals surface area contributed by atoms with Crippen LogP contribution in [-0.2, 0) is 12.8 Å². The van der Waals surface area contributed by atoms with Gasteiger partial charge in [-0.05, 0) is 55.3 Å². The number of rotatable bonds is 6. The fraction of sp³-hybridized carbons (Fsp3) is 0.375. The van der Waals surface area contributed by atoms with Crippen molar-refractivity contribution in [2.45, 2.75) is 32.7 Å². The molecule has 0 aliphatic heterocycles. The Bertz CT molecular complexity index is 547. The summed E-state index contributed by atoms with van der Waals surface area (Å²) in [6.45, 7) is 5.17. The van der Waals surface area contributed by atoms with E-state index in [-0.39, 0.29) is 11.9 Å². The van der Waals surface area contributed by atoms with Crippen LogP contribution in [0.1, 0.15) is 35.2 Å². The summed E-state index contributed by atoms with van der Waals surface area (Å²) in [4.78, 5) is 2.72. The molecule has 1 nitrogen and oxygen atoms in total. The molecule has 20 heavy (non-hydrogen) atoms. The maximum atomic E-state index is 13.5. The molecule has 0 amide bonds. The minimum Gasteiger partial charge on any atom is -0.309 e. The summed E-state index contributed by atoms with van der Waals surface area (Å²) in [6.07, 6.45) is 1.86. The summed E-state index contributed by atoms with van der Waals surface area (Å²) < 4.78 is 14.3. The van der Waals surface area contributed by atoms with E-state index in [4.69, 9.17) is 0 Å².